The van der Waals surface area contributed by atoms with Gasteiger partial charge in [-0.3, -0.25) is 9.59 Å². The molecule has 1 heterocycles. The van der Waals surface area contributed by atoms with Crippen LogP contribution in [0, 0.1) is 0 Å². The Bertz CT molecular complexity index is 390. The van der Waals surface area contributed by atoms with Gasteiger partial charge in [0.15, 0.2) is 0 Å². The molecule has 0 saturated heterocycles. The quantitative estimate of drug-likeness (QED) is 0.327. The molecule has 0 aliphatic carbocycles. The summed E-state index contributed by atoms with van der Waals surface area (Å²) < 4.78 is 4.92. The van der Waals surface area contributed by atoms with Crippen LogP contribution in [0.2, 0.25) is 0 Å². The number of esters is 1. The number of unbranched alkanes of at least 4 members (excludes halogenated alkanes) is 5. The summed E-state index contributed by atoms with van der Waals surface area (Å²) in [6, 6.07) is 0. The van der Waals surface area contributed by atoms with Crippen LogP contribution in [0.1, 0.15) is 52.8 Å². The van der Waals surface area contributed by atoms with Crippen LogP contribution in [0.5, 0.6) is 5.88 Å². The molecule has 0 atom stereocenters. The molecule has 0 saturated carbocycles. The van der Waals surface area contributed by atoms with E-state index in [2.05, 4.69) is 15.4 Å². The molecule has 1 aromatic rings. The molecule has 2 N–H and O–H groups in total. The van der Waals surface area contributed by atoms with Crippen LogP contribution in [0.3, 0.4) is 0 Å². The number of carboxylic acid groups (broad SMARTS) is 1. The molecule has 8 heteroatoms. The first-order valence-corrected chi connectivity index (χ1v) is 6.46. The maximum absolute atomic E-state index is 11.4. The largest absolute Gasteiger partial charge is 1.00 e. The molecule has 0 aliphatic heterocycles. The predicted molar refractivity (Wildman–Crippen MR) is 67.7 cm³/mol. The number of rotatable bonds is 10. The average molecular weight is 293 g/mol. The number of carboxylic acids is 1. The third-order valence-electron chi connectivity index (χ3n) is 2.63. The van der Waals surface area contributed by atoms with E-state index >= 15 is 0 Å². The molecule has 1 rings (SSSR count). The molecule has 0 radical (unpaired) electrons. The second kappa shape index (κ2) is 11.9. The van der Waals surface area contributed by atoms with E-state index in [0.717, 1.165) is 38.5 Å². The van der Waals surface area contributed by atoms with Crippen molar-refractivity contribution in [3.05, 3.63) is 6.20 Å². The summed E-state index contributed by atoms with van der Waals surface area (Å²) in [4.78, 5) is 21.6. The molecule has 0 bridgehead atoms. The van der Waals surface area contributed by atoms with E-state index < -0.39 is 5.97 Å². The maximum atomic E-state index is 11.4. The van der Waals surface area contributed by atoms with E-state index in [4.69, 9.17) is 9.84 Å². The van der Waals surface area contributed by atoms with Crippen LogP contribution in [0.25, 0.3) is 0 Å². The number of hydrogen-bond donors (Lipinski definition) is 2. The van der Waals surface area contributed by atoms with E-state index in [-0.39, 0.29) is 49.3 Å². The van der Waals surface area contributed by atoms with Gasteiger partial charge in [-0.2, -0.15) is 10.3 Å². The molecular formula is C12H20N3NaO4. The minimum Gasteiger partial charge on any atom is -1.00 e. The number of aliphatic carboxylic acids is 1. The average Bonchev–Trinajstić information content (AvgIpc) is 2.85. The fraction of sp³-hybridized carbons (Fsp3) is 0.667. The number of hydrogen-bond acceptors (Lipinski definition) is 5. The molecule has 7 nitrogen and oxygen atoms in total. The van der Waals surface area contributed by atoms with Crippen LogP contribution < -0.4 is 34.3 Å². The van der Waals surface area contributed by atoms with Crippen molar-refractivity contribution in [1.82, 2.24) is 15.4 Å². The van der Waals surface area contributed by atoms with Gasteiger partial charge in [-0.05, 0) is 12.8 Å². The minimum absolute atomic E-state index is 0. The number of carbonyl (C=O) groups is 2. The fourth-order valence-electron chi connectivity index (χ4n) is 1.66. The van der Waals surface area contributed by atoms with Gasteiger partial charge in [0.05, 0.1) is 0 Å². The molecule has 0 aromatic carbocycles. The van der Waals surface area contributed by atoms with Crippen LogP contribution in [0.15, 0.2) is 6.20 Å². The van der Waals surface area contributed by atoms with Gasteiger partial charge in [-0.1, -0.05) is 25.7 Å². The number of H-pyrrole nitrogens is 1. The summed E-state index contributed by atoms with van der Waals surface area (Å²) in [5.41, 5.74) is 0. The maximum Gasteiger partial charge on any atom is 1.00 e. The molecule has 20 heavy (non-hydrogen) atoms. The Labute approximate surface area is 141 Å². The van der Waals surface area contributed by atoms with E-state index in [0.29, 0.717) is 6.42 Å². The molecule has 0 fully saturated rings. The van der Waals surface area contributed by atoms with E-state index in [9.17, 15) is 9.59 Å². The monoisotopic (exact) mass is 293 g/mol. The molecule has 0 amide bonds. The van der Waals surface area contributed by atoms with Crippen molar-refractivity contribution in [1.29, 1.82) is 0 Å². The van der Waals surface area contributed by atoms with E-state index in [1.165, 1.54) is 6.20 Å². The summed E-state index contributed by atoms with van der Waals surface area (Å²) in [7, 11) is 0. The van der Waals surface area contributed by atoms with E-state index in [1.807, 2.05) is 0 Å². The first-order chi connectivity index (χ1) is 9.18. The van der Waals surface area contributed by atoms with Crippen LogP contribution in [0.4, 0.5) is 0 Å². The summed E-state index contributed by atoms with van der Waals surface area (Å²) in [6.07, 6.45) is 7.34. The molecule has 0 unspecified atom stereocenters. The summed E-state index contributed by atoms with van der Waals surface area (Å²) in [5.74, 6) is -0.853. The minimum atomic E-state index is -0.740. The van der Waals surface area contributed by atoms with Gasteiger partial charge >= 0.3 is 41.5 Å². The molecule has 1 aromatic heterocycles. The number of nitrogens with one attached hydrogen (secondary N) is 1. The molecule has 0 spiro atoms. The number of aromatic amines is 1. The van der Waals surface area contributed by atoms with Gasteiger partial charge in [-0.15, -0.1) is 5.10 Å². The van der Waals surface area contributed by atoms with Gasteiger partial charge in [0.25, 0.3) is 5.88 Å². The number of nitrogens with zero attached hydrogens (tertiary/aromatic N) is 2. The summed E-state index contributed by atoms with van der Waals surface area (Å²) in [6.45, 7) is 0. The van der Waals surface area contributed by atoms with Crippen LogP contribution in [-0.4, -0.2) is 32.5 Å². The smallest absolute Gasteiger partial charge is 1.00 e. The zero-order valence-electron chi connectivity index (χ0n) is 12.8. The van der Waals surface area contributed by atoms with Crippen molar-refractivity contribution in [3.8, 4) is 5.88 Å². The van der Waals surface area contributed by atoms with Crippen LogP contribution >= 0.6 is 0 Å². The van der Waals surface area contributed by atoms with Crippen molar-refractivity contribution < 1.29 is 50.4 Å². The van der Waals surface area contributed by atoms with Crippen LogP contribution in [-0.2, 0) is 9.59 Å². The van der Waals surface area contributed by atoms with Gasteiger partial charge in [0, 0.05) is 12.8 Å². The Hall–Kier alpha value is -0.920. The Balaban J connectivity index is 0. The first kappa shape index (κ1) is 19.1. The van der Waals surface area contributed by atoms with Gasteiger partial charge in [0.2, 0.25) is 0 Å². The second-order valence-corrected chi connectivity index (χ2v) is 4.30. The van der Waals surface area contributed by atoms with Crippen molar-refractivity contribution in [2.75, 3.05) is 0 Å². The SMILES string of the molecule is O=C(O)CCCCCCCCC(=O)Oc1cn[nH]n1.[H-].[Na+]. The molecule has 0 aliphatic rings. The van der Waals surface area contributed by atoms with Crippen molar-refractivity contribution in [2.24, 2.45) is 0 Å². The zero-order chi connectivity index (χ0) is 13.9. The van der Waals surface area contributed by atoms with Gasteiger partial charge < -0.3 is 11.3 Å². The summed E-state index contributed by atoms with van der Waals surface area (Å²) >= 11 is 0. The molecular weight excluding hydrogens is 273 g/mol. The standard InChI is InChI=1S/C12H19N3O4.Na.H/c16-11(17)7-5-3-1-2-4-6-8-12(18)19-10-9-13-15-14-10;;/h9H,1-8H2,(H,16,17)(H,13,14,15);;/q;+1;-1. The van der Waals surface area contributed by atoms with Gasteiger partial charge in [-0.25, -0.2) is 0 Å². The third-order valence-corrected chi connectivity index (χ3v) is 2.63. The van der Waals surface area contributed by atoms with Crippen molar-refractivity contribution in [3.63, 3.8) is 0 Å². The Morgan fingerprint density at radius 3 is 2.30 bits per heavy atom. The number of carbonyl (C=O) groups excluding carboxylic acids is 1. The topological polar surface area (TPSA) is 105 Å². The normalized spacial score (nSPS) is 9.80. The second-order valence-electron chi connectivity index (χ2n) is 4.30. The molecule has 108 valence electrons. The predicted octanol–water partition coefficient (Wildman–Crippen LogP) is -0.968. The van der Waals surface area contributed by atoms with Crippen molar-refractivity contribution in [2.45, 2.75) is 51.4 Å². The number of ether oxygens (including phenoxy) is 1. The van der Waals surface area contributed by atoms with Gasteiger partial charge in [0.1, 0.15) is 6.20 Å². The Morgan fingerprint density at radius 1 is 1.15 bits per heavy atom. The van der Waals surface area contributed by atoms with Crippen molar-refractivity contribution >= 4 is 11.9 Å². The first-order valence-electron chi connectivity index (χ1n) is 6.46. The number of aromatic nitrogens is 3. The third kappa shape index (κ3) is 9.94. The van der Waals surface area contributed by atoms with E-state index in [1.54, 1.807) is 0 Å². The summed E-state index contributed by atoms with van der Waals surface area (Å²) in [5, 5.41) is 18.0. The zero-order valence-corrected chi connectivity index (χ0v) is 13.8. The Morgan fingerprint density at radius 2 is 1.75 bits per heavy atom. The Kier molecular flexibility index (Phi) is 11.3. The fourth-order valence-corrected chi connectivity index (χ4v) is 1.66.